The van der Waals surface area contributed by atoms with Crippen LogP contribution in [0.15, 0.2) is 48.7 Å². The van der Waals surface area contributed by atoms with E-state index >= 15 is 0 Å². The van der Waals surface area contributed by atoms with Crippen molar-refractivity contribution in [1.29, 1.82) is 0 Å². The number of nitrogens with zero attached hydrogens (tertiary/aromatic N) is 4. The van der Waals surface area contributed by atoms with Gasteiger partial charge in [0.1, 0.15) is 6.61 Å². The molecule has 2 saturated heterocycles. The number of pyridine rings is 1. The van der Waals surface area contributed by atoms with Gasteiger partial charge in [-0.25, -0.2) is 4.98 Å². The minimum Gasteiger partial charge on any atom is -0.364 e. The highest BCUT2D eigenvalue weighted by Crippen LogP contribution is 2.42. The third kappa shape index (κ3) is 2.62. The van der Waals surface area contributed by atoms with Gasteiger partial charge in [-0.3, -0.25) is 14.8 Å². The van der Waals surface area contributed by atoms with Crippen LogP contribution < -0.4 is 0 Å². The number of hydrogen-bond acceptors (Lipinski definition) is 5. The highest BCUT2D eigenvalue weighted by atomic mass is 16.5. The van der Waals surface area contributed by atoms with Gasteiger partial charge in [-0.15, -0.1) is 0 Å². The van der Waals surface area contributed by atoms with Gasteiger partial charge in [0.2, 0.25) is 5.91 Å². The van der Waals surface area contributed by atoms with E-state index < -0.39 is 5.54 Å². The Bertz CT molecular complexity index is 1000. The van der Waals surface area contributed by atoms with Gasteiger partial charge in [-0.05, 0) is 24.1 Å². The lowest BCUT2D eigenvalue weighted by atomic mass is 9.76. The number of aromatic amines is 1. The van der Waals surface area contributed by atoms with E-state index in [1.165, 1.54) is 0 Å². The van der Waals surface area contributed by atoms with E-state index in [0.717, 1.165) is 48.3 Å². The standard InChI is InChI=1S/C21H23N5O2/c1-25-19(27)14-28-18-13-26(11-9-21(18,25)15-6-3-2-4-7-15)12-17-16-8-5-10-22-20(16)24-23-17/h2-8,10,18H,9,11-14H2,1H3,(H,22,23,24)/t18-,21+/m1/s1. The van der Waals surface area contributed by atoms with Crippen LogP contribution in [0.5, 0.6) is 0 Å². The number of likely N-dealkylation sites (tertiary alicyclic amines) is 1. The number of rotatable bonds is 3. The van der Waals surface area contributed by atoms with Crippen LogP contribution in [0.25, 0.3) is 11.0 Å². The second-order valence-corrected chi connectivity index (χ2v) is 7.60. The van der Waals surface area contributed by atoms with E-state index in [2.05, 4.69) is 32.2 Å². The number of nitrogens with one attached hydrogen (secondary N) is 1. The number of likely N-dealkylation sites (N-methyl/N-ethyl adjacent to an activating group) is 1. The Morgan fingerprint density at radius 2 is 2.11 bits per heavy atom. The lowest BCUT2D eigenvalue weighted by molar-refractivity contribution is -0.183. The van der Waals surface area contributed by atoms with Crippen molar-refractivity contribution in [3.8, 4) is 0 Å². The van der Waals surface area contributed by atoms with Crippen molar-refractivity contribution in [1.82, 2.24) is 25.0 Å². The Morgan fingerprint density at radius 3 is 2.96 bits per heavy atom. The maximum atomic E-state index is 12.5. The molecule has 4 heterocycles. The van der Waals surface area contributed by atoms with Crippen LogP contribution in [0.3, 0.4) is 0 Å². The number of morpholine rings is 1. The fourth-order valence-corrected chi connectivity index (χ4v) is 4.67. The summed E-state index contributed by atoms with van der Waals surface area (Å²) in [6.45, 7) is 2.52. The Balaban J connectivity index is 1.44. The summed E-state index contributed by atoms with van der Waals surface area (Å²) in [6, 6.07) is 14.3. The van der Waals surface area contributed by atoms with E-state index in [9.17, 15) is 4.79 Å². The summed E-state index contributed by atoms with van der Waals surface area (Å²) in [6.07, 6.45) is 2.51. The number of hydrogen-bond donors (Lipinski definition) is 1. The number of aromatic nitrogens is 3. The third-order valence-corrected chi connectivity index (χ3v) is 6.21. The molecule has 28 heavy (non-hydrogen) atoms. The van der Waals surface area contributed by atoms with Gasteiger partial charge < -0.3 is 9.64 Å². The molecule has 2 aliphatic heterocycles. The maximum Gasteiger partial charge on any atom is 0.249 e. The van der Waals surface area contributed by atoms with Crippen molar-refractivity contribution in [2.24, 2.45) is 0 Å². The van der Waals surface area contributed by atoms with Gasteiger partial charge >= 0.3 is 0 Å². The first kappa shape index (κ1) is 17.3. The topological polar surface area (TPSA) is 74.3 Å². The summed E-state index contributed by atoms with van der Waals surface area (Å²) in [5.41, 5.74) is 2.54. The van der Waals surface area contributed by atoms with Gasteiger partial charge in [0.15, 0.2) is 5.65 Å². The number of benzene rings is 1. The molecular weight excluding hydrogens is 354 g/mol. The molecule has 0 unspecified atom stereocenters. The molecule has 0 radical (unpaired) electrons. The molecule has 2 aromatic heterocycles. The maximum absolute atomic E-state index is 12.5. The van der Waals surface area contributed by atoms with Crippen molar-refractivity contribution < 1.29 is 9.53 Å². The first-order valence-corrected chi connectivity index (χ1v) is 9.62. The molecule has 0 aliphatic carbocycles. The second-order valence-electron chi connectivity index (χ2n) is 7.60. The third-order valence-electron chi connectivity index (χ3n) is 6.21. The van der Waals surface area contributed by atoms with Crippen molar-refractivity contribution in [2.45, 2.75) is 24.6 Å². The highest BCUT2D eigenvalue weighted by Gasteiger charge is 2.52. The molecule has 2 atom stereocenters. The molecule has 3 aromatic rings. The first-order chi connectivity index (χ1) is 13.7. The second kappa shape index (κ2) is 6.68. The molecule has 0 bridgehead atoms. The Hall–Kier alpha value is -2.77. The average molecular weight is 377 g/mol. The number of piperidine rings is 1. The van der Waals surface area contributed by atoms with Crippen molar-refractivity contribution in [2.75, 3.05) is 26.7 Å². The van der Waals surface area contributed by atoms with Gasteiger partial charge in [-0.2, -0.15) is 5.10 Å². The van der Waals surface area contributed by atoms with Gasteiger partial charge in [0.05, 0.1) is 17.3 Å². The lowest BCUT2D eigenvalue weighted by Gasteiger charge is -2.54. The largest absolute Gasteiger partial charge is 0.364 e. The summed E-state index contributed by atoms with van der Waals surface area (Å²) in [7, 11) is 1.91. The van der Waals surface area contributed by atoms with E-state index in [1.54, 1.807) is 6.20 Å². The number of carbonyl (C=O) groups excluding carboxylic acids is 1. The molecule has 144 valence electrons. The summed E-state index contributed by atoms with van der Waals surface area (Å²) >= 11 is 0. The molecule has 1 aromatic carbocycles. The average Bonchev–Trinajstić information content (AvgIpc) is 3.15. The number of fused-ring (bicyclic) bond motifs is 2. The van der Waals surface area contributed by atoms with Crippen LogP contribution in [0.4, 0.5) is 0 Å². The molecular formula is C21H23N5O2. The van der Waals surface area contributed by atoms with Crippen molar-refractivity contribution >= 4 is 16.9 Å². The summed E-state index contributed by atoms with van der Waals surface area (Å²) in [5.74, 6) is 0.0409. The quantitative estimate of drug-likeness (QED) is 0.755. The smallest absolute Gasteiger partial charge is 0.249 e. The SMILES string of the molecule is CN1C(=O)CO[C@@H]2CN(Cc3[nH]nc4ncccc34)CC[C@]21c1ccccc1. The van der Waals surface area contributed by atoms with E-state index in [4.69, 9.17) is 4.74 Å². The predicted octanol–water partition coefficient (Wildman–Crippen LogP) is 1.92. The summed E-state index contributed by atoms with van der Waals surface area (Å²) in [4.78, 5) is 21.1. The zero-order chi connectivity index (χ0) is 19.1. The number of amides is 1. The number of H-pyrrole nitrogens is 1. The molecule has 7 nitrogen and oxygen atoms in total. The molecule has 0 saturated carbocycles. The fraction of sp³-hybridized carbons (Fsp3) is 0.381. The Kier molecular flexibility index (Phi) is 4.14. The monoisotopic (exact) mass is 377 g/mol. The van der Waals surface area contributed by atoms with Gasteiger partial charge in [-0.1, -0.05) is 30.3 Å². The lowest BCUT2D eigenvalue weighted by Crippen LogP contribution is -2.66. The number of carbonyl (C=O) groups is 1. The van der Waals surface area contributed by atoms with Crippen LogP contribution in [0.2, 0.25) is 0 Å². The van der Waals surface area contributed by atoms with Crippen LogP contribution >= 0.6 is 0 Å². The van der Waals surface area contributed by atoms with Crippen LogP contribution in [0.1, 0.15) is 17.7 Å². The van der Waals surface area contributed by atoms with Crippen LogP contribution in [-0.2, 0) is 21.6 Å². The zero-order valence-corrected chi connectivity index (χ0v) is 15.8. The summed E-state index contributed by atoms with van der Waals surface area (Å²) < 4.78 is 6.09. The van der Waals surface area contributed by atoms with Gasteiger partial charge in [0.25, 0.3) is 0 Å². The van der Waals surface area contributed by atoms with E-state index in [-0.39, 0.29) is 18.6 Å². The molecule has 7 heteroatoms. The minimum absolute atomic E-state index is 0.0409. The Morgan fingerprint density at radius 1 is 1.25 bits per heavy atom. The van der Waals surface area contributed by atoms with Gasteiger partial charge in [0, 0.05) is 38.3 Å². The number of ether oxygens (including phenoxy) is 1. The fourth-order valence-electron chi connectivity index (χ4n) is 4.67. The molecule has 2 fully saturated rings. The van der Waals surface area contributed by atoms with Crippen molar-refractivity contribution in [3.63, 3.8) is 0 Å². The minimum atomic E-state index is -0.412. The highest BCUT2D eigenvalue weighted by molar-refractivity contribution is 5.79. The van der Waals surface area contributed by atoms with E-state index in [0.29, 0.717) is 0 Å². The molecule has 5 rings (SSSR count). The summed E-state index contributed by atoms with van der Waals surface area (Å²) in [5, 5.41) is 8.49. The Labute approximate surface area is 163 Å². The van der Waals surface area contributed by atoms with Crippen LogP contribution in [0, 0.1) is 0 Å². The van der Waals surface area contributed by atoms with E-state index in [1.807, 2.05) is 42.3 Å². The zero-order valence-electron chi connectivity index (χ0n) is 15.8. The molecule has 1 N–H and O–H groups in total. The molecule has 1 amide bonds. The van der Waals surface area contributed by atoms with Crippen molar-refractivity contribution in [3.05, 3.63) is 59.9 Å². The molecule has 0 spiro atoms. The first-order valence-electron chi connectivity index (χ1n) is 9.62. The normalized spacial score (nSPS) is 25.8. The molecule has 2 aliphatic rings. The predicted molar refractivity (Wildman–Crippen MR) is 104 cm³/mol. The van der Waals surface area contributed by atoms with Crippen LogP contribution in [-0.4, -0.2) is 63.7 Å².